The normalized spacial score (nSPS) is 12.2. The van der Waals surface area contributed by atoms with Crippen LogP contribution in [-0.4, -0.2) is 0 Å². The number of benzene rings is 2. The van der Waals surface area contributed by atoms with Crippen LogP contribution in [0.3, 0.4) is 0 Å². The molecule has 0 saturated heterocycles. The van der Waals surface area contributed by atoms with Gasteiger partial charge in [0.1, 0.15) is 0 Å². The Balaban J connectivity index is 2.21. The van der Waals surface area contributed by atoms with Crippen LogP contribution in [0.2, 0.25) is 5.02 Å². The van der Waals surface area contributed by atoms with Gasteiger partial charge in [-0.3, -0.25) is 0 Å². The largest absolute Gasteiger partial charge is 0.397 e. The molecule has 2 nitrogen and oxygen atoms in total. The maximum atomic E-state index is 6.14. The van der Waals surface area contributed by atoms with Crippen molar-refractivity contribution in [2.24, 2.45) is 0 Å². The van der Waals surface area contributed by atoms with E-state index in [9.17, 15) is 0 Å². The second-order valence-corrected chi connectivity index (χ2v) is 5.44. The summed E-state index contributed by atoms with van der Waals surface area (Å²) < 4.78 is 1.07. The molecular formula is C14H14BrClN2. The molecule has 0 amide bonds. The van der Waals surface area contributed by atoms with E-state index in [1.54, 1.807) is 0 Å². The van der Waals surface area contributed by atoms with Crippen molar-refractivity contribution in [3.8, 4) is 0 Å². The lowest BCUT2D eigenvalue weighted by Gasteiger charge is -2.18. The van der Waals surface area contributed by atoms with Crippen LogP contribution < -0.4 is 11.1 Å². The van der Waals surface area contributed by atoms with Gasteiger partial charge in [-0.2, -0.15) is 0 Å². The highest BCUT2D eigenvalue weighted by Crippen LogP contribution is 2.31. The van der Waals surface area contributed by atoms with E-state index in [2.05, 4.69) is 40.3 Å². The number of hydrogen-bond acceptors (Lipinski definition) is 2. The summed E-state index contributed by atoms with van der Waals surface area (Å²) in [5.74, 6) is 0. The Bertz CT molecular complexity index is 520. The van der Waals surface area contributed by atoms with E-state index in [1.165, 1.54) is 5.56 Å². The third-order valence-electron chi connectivity index (χ3n) is 2.78. The zero-order chi connectivity index (χ0) is 13.1. The lowest BCUT2D eigenvalue weighted by Crippen LogP contribution is -2.08. The van der Waals surface area contributed by atoms with E-state index in [4.69, 9.17) is 17.3 Å². The highest BCUT2D eigenvalue weighted by atomic mass is 79.9. The summed E-state index contributed by atoms with van der Waals surface area (Å²) in [6, 6.07) is 13.8. The maximum absolute atomic E-state index is 6.14. The van der Waals surface area contributed by atoms with Gasteiger partial charge >= 0.3 is 0 Å². The van der Waals surface area contributed by atoms with Gasteiger partial charge in [0.05, 0.1) is 16.4 Å². The van der Waals surface area contributed by atoms with Gasteiger partial charge in [0.15, 0.2) is 0 Å². The second kappa shape index (κ2) is 5.63. The Hall–Kier alpha value is -1.19. The van der Waals surface area contributed by atoms with Crippen molar-refractivity contribution in [2.75, 3.05) is 11.1 Å². The molecule has 94 valence electrons. The number of nitrogens with two attached hydrogens (primary N) is 1. The quantitative estimate of drug-likeness (QED) is 0.791. The first-order valence-corrected chi connectivity index (χ1v) is 6.81. The third kappa shape index (κ3) is 2.98. The minimum absolute atomic E-state index is 0.139. The molecule has 0 aromatic heterocycles. The number of hydrogen-bond donors (Lipinski definition) is 2. The maximum Gasteiger partial charge on any atom is 0.0767 e. The van der Waals surface area contributed by atoms with Crippen LogP contribution in [0.15, 0.2) is 46.9 Å². The first kappa shape index (κ1) is 13.2. The molecule has 2 rings (SSSR count). The van der Waals surface area contributed by atoms with Crippen LogP contribution >= 0.6 is 27.5 Å². The highest BCUT2D eigenvalue weighted by Gasteiger charge is 2.09. The van der Waals surface area contributed by atoms with E-state index in [0.717, 1.165) is 10.2 Å². The molecule has 0 saturated carbocycles. The lowest BCUT2D eigenvalue weighted by atomic mass is 10.1. The fourth-order valence-electron chi connectivity index (χ4n) is 1.74. The molecule has 0 aliphatic carbocycles. The molecule has 0 heterocycles. The first-order chi connectivity index (χ1) is 8.58. The molecule has 0 bridgehead atoms. The molecule has 1 unspecified atom stereocenters. The van der Waals surface area contributed by atoms with Gasteiger partial charge in [0, 0.05) is 10.5 Å². The topological polar surface area (TPSA) is 38.0 Å². The summed E-state index contributed by atoms with van der Waals surface area (Å²) in [4.78, 5) is 0. The first-order valence-electron chi connectivity index (χ1n) is 5.64. The number of nitrogens with one attached hydrogen (secondary N) is 1. The average molecular weight is 326 g/mol. The van der Waals surface area contributed by atoms with Crippen molar-refractivity contribution in [3.63, 3.8) is 0 Å². The van der Waals surface area contributed by atoms with Crippen LogP contribution in [0.1, 0.15) is 18.5 Å². The van der Waals surface area contributed by atoms with E-state index < -0.39 is 0 Å². The van der Waals surface area contributed by atoms with Crippen molar-refractivity contribution < 1.29 is 0 Å². The fourth-order valence-corrected chi connectivity index (χ4v) is 2.25. The summed E-state index contributed by atoms with van der Waals surface area (Å²) in [7, 11) is 0. The second-order valence-electron chi connectivity index (χ2n) is 4.12. The average Bonchev–Trinajstić information content (AvgIpc) is 2.34. The Kier molecular flexibility index (Phi) is 4.15. The van der Waals surface area contributed by atoms with Crippen molar-refractivity contribution >= 4 is 38.9 Å². The zero-order valence-electron chi connectivity index (χ0n) is 9.95. The minimum atomic E-state index is 0.139. The molecule has 3 N–H and O–H groups in total. The van der Waals surface area contributed by atoms with Gasteiger partial charge < -0.3 is 11.1 Å². The molecule has 0 radical (unpaired) electrons. The van der Waals surface area contributed by atoms with E-state index >= 15 is 0 Å². The number of rotatable bonds is 3. The molecule has 2 aromatic carbocycles. The molecular weight excluding hydrogens is 312 g/mol. The zero-order valence-corrected chi connectivity index (χ0v) is 12.3. The lowest BCUT2D eigenvalue weighted by molar-refractivity contribution is 0.885. The SMILES string of the molecule is CC(Nc1c(N)cccc1Cl)c1ccc(Br)cc1. The van der Waals surface area contributed by atoms with Crippen LogP contribution in [0.4, 0.5) is 11.4 Å². The van der Waals surface area contributed by atoms with E-state index in [-0.39, 0.29) is 6.04 Å². The molecule has 0 aliphatic rings. The van der Waals surface area contributed by atoms with Crippen LogP contribution in [0.5, 0.6) is 0 Å². The molecule has 0 aliphatic heterocycles. The summed E-state index contributed by atoms with van der Waals surface area (Å²) in [6.07, 6.45) is 0. The van der Waals surface area contributed by atoms with Gasteiger partial charge in [-0.25, -0.2) is 0 Å². The molecule has 18 heavy (non-hydrogen) atoms. The van der Waals surface area contributed by atoms with Crippen LogP contribution in [0.25, 0.3) is 0 Å². The summed E-state index contributed by atoms with van der Waals surface area (Å²) in [5.41, 5.74) is 8.54. The van der Waals surface area contributed by atoms with Gasteiger partial charge in [0.25, 0.3) is 0 Å². The minimum Gasteiger partial charge on any atom is -0.397 e. The number of anilines is 2. The van der Waals surface area contributed by atoms with E-state index in [1.807, 2.05) is 30.3 Å². The third-order valence-corrected chi connectivity index (χ3v) is 3.62. The van der Waals surface area contributed by atoms with Gasteiger partial charge in [-0.15, -0.1) is 0 Å². The number of nitrogen functional groups attached to an aromatic ring is 1. The van der Waals surface area contributed by atoms with Crippen molar-refractivity contribution in [1.82, 2.24) is 0 Å². The van der Waals surface area contributed by atoms with Crippen molar-refractivity contribution in [3.05, 3.63) is 57.5 Å². The highest BCUT2D eigenvalue weighted by molar-refractivity contribution is 9.10. The van der Waals surface area contributed by atoms with Crippen LogP contribution in [-0.2, 0) is 0 Å². The number of para-hydroxylation sites is 1. The van der Waals surface area contributed by atoms with Gasteiger partial charge in [-0.1, -0.05) is 45.7 Å². The van der Waals surface area contributed by atoms with E-state index in [0.29, 0.717) is 10.7 Å². The Morgan fingerprint density at radius 3 is 2.44 bits per heavy atom. The molecule has 1 atom stereocenters. The molecule has 0 fully saturated rings. The Labute approximate surface area is 120 Å². The van der Waals surface area contributed by atoms with Gasteiger partial charge in [0.2, 0.25) is 0 Å². The summed E-state index contributed by atoms with van der Waals surface area (Å²) in [6.45, 7) is 2.08. The summed E-state index contributed by atoms with van der Waals surface area (Å²) >= 11 is 9.56. The van der Waals surface area contributed by atoms with Crippen molar-refractivity contribution in [2.45, 2.75) is 13.0 Å². The predicted molar refractivity (Wildman–Crippen MR) is 82.0 cm³/mol. The van der Waals surface area contributed by atoms with Crippen LogP contribution in [0, 0.1) is 0 Å². The standard InChI is InChI=1S/C14H14BrClN2/c1-9(10-5-7-11(15)8-6-10)18-14-12(16)3-2-4-13(14)17/h2-9,18H,17H2,1H3. The smallest absolute Gasteiger partial charge is 0.0767 e. The fraction of sp³-hybridized carbons (Fsp3) is 0.143. The molecule has 0 spiro atoms. The van der Waals surface area contributed by atoms with Crippen molar-refractivity contribution in [1.29, 1.82) is 0 Å². The molecule has 2 aromatic rings. The predicted octanol–water partition coefficient (Wildman–Crippen LogP) is 4.86. The molecule has 4 heteroatoms. The Morgan fingerprint density at radius 2 is 1.83 bits per heavy atom. The summed E-state index contributed by atoms with van der Waals surface area (Å²) in [5, 5.41) is 3.98. The Morgan fingerprint density at radius 1 is 1.17 bits per heavy atom. The number of halogens is 2. The monoisotopic (exact) mass is 324 g/mol. The van der Waals surface area contributed by atoms with Gasteiger partial charge in [-0.05, 0) is 36.8 Å².